The molecule has 0 spiro atoms. The van der Waals surface area contributed by atoms with Crippen LogP contribution in [0.1, 0.15) is 5.56 Å². The van der Waals surface area contributed by atoms with Crippen LogP contribution in [-0.4, -0.2) is 31.0 Å². The van der Waals surface area contributed by atoms with Gasteiger partial charge < -0.3 is 20.0 Å². The molecule has 0 saturated heterocycles. The number of benzene rings is 2. The Morgan fingerprint density at radius 2 is 1.86 bits per heavy atom. The number of hydrogen-bond acceptors (Lipinski definition) is 5. The van der Waals surface area contributed by atoms with Gasteiger partial charge in [-0.25, -0.2) is 0 Å². The Morgan fingerprint density at radius 1 is 1.18 bits per heavy atom. The highest BCUT2D eigenvalue weighted by Crippen LogP contribution is 2.23. The molecule has 0 aromatic heterocycles. The van der Waals surface area contributed by atoms with Crippen LogP contribution in [0.4, 0.5) is 5.69 Å². The van der Waals surface area contributed by atoms with E-state index in [0.29, 0.717) is 22.7 Å². The summed E-state index contributed by atoms with van der Waals surface area (Å²) < 4.78 is 10.6. The van der Waals surface area contributed by atoms with Gasteiger partial charge in [0.25, 0.3) is 5.91 Å². The van der Waals surface area contributed by atoms with E-state index in [0.717, 1.165) is 0 Å². The number of carbonyl (C=O) groups is 1. The Labute approximate surface area is 128 Å². The maximum atomic E-state index is 11.9. The van der Waals surface area contributed by atoms with Crippen molar-refractivity contribution in [1.29, 1.82) is 0 Å². The molecule has 22 heavy (non-hydrogen) atoms. The van der Waals surface area contributed by atoms with E-state index >= 15 is 0 Å². The second kappa shape index (κ2) is 7.68. The highest BCUT2D eigenvalue weighted by Gasteiger charge is 2.09. The van der Waals surface area contributed by atoms with Crippen LogP contribution in [0.15, 0.2) is 53.7 Å². The highest BCUT2D eigenvalue weighted by atomic mass is 16.5. The topological polar surface area (TPSA) is 80.2 Å². The van der Waals surface area contributed by atoms with Gasteiger partial charge >= 0.3 is 0 Å². The Balaban J connectivity index is 1.99. The normalized spacial score (nSPS) is 10.4. The molecule has 2 aromatic rings. The zero-order valence-corrected chi connectivity index (χ0v) is 12.0. The first-order valence-electron chi connectivity index (χ1n) is 6.56. The van der Waals surface area contributed by atoms with Gasteiger partial charge in [0.1, 0.15) is 11.5 Å². The van der Waals surface area contributed by atoms with Gasteiger partial charge in [0, 0.05) is 5.56 Å². The Morgan fingerprint density at radius 3 is 2.59 bits per heavy atom. The van der Waals surface area contributed by atoms with Gasteiger partial charge in [0.15, 0.2) is 6.61 Å². The first-order chi connectivity index (χ1) is 10.7. The highest BCUT2D eigenvalue weighted by molar-refractivity contribution is 5.93. The molecule has 0 fully saturated rings. The van der Waals surface area contributed by atoms with Gasteiger partial charge in [0.05, 0.1) is 19.0 Å². The summed E-state index contributed by atoms with van der Waals surface area (Å²) in [6.45, 7) is -0.172. The quantitative estimate of drug-likeness (QED) is 0.488. The van der Waals surface area contributed by atoms with Gasteiger partial charge in [-0.3, -0.25) is 4.79 Å². The average molecular weight is 300 g/mol. The van der Waals surface area contributed by atoms with Crippen LogP contribution in [0, 0.1) is 0 Å². The second-order valence-corrected chi connectivity index (χ2v) is 4.32. The van der Waals surface area contributed by atoms with Gasteiger partial charge in [-0.1, -0.05) is 29.4 Å². The minimum atomic E-state index is -0.319. The third-order valence-corrected chi connectivity index (χ3v) is 2.86. The van der Waals surface area contributed by atoms with Gasteiger partial charge in [-0.2, -0.15) is 0 Å². The van der Waals surface area contributed by atoms with Crippen molar-refractivity contribution >= 4 is 17.8 Å². The van der Waals surface area contributed by atoms with Crippen molar-refractivity contribution in [2.75, 3.05) is 19.0 Å². The molecular formula is C16H16N2O4. The van der Waals surface area contributed by atoms with E-state index in [1.54, 1.807) is 42.5 Å². The molecule has 0 unspecified atom stereocenters. The molecule has 2 rings (SSSR count). The van der Waals surface area contributed by atoms with E-state index in [-0.39, 0.29) is 12.5 Å². The summed E-state index contributed by atoms with van der Waals surface area (Å²) in [5, 5.41) is 14.3. The molecule has 0 radical (unpaired) electrons. The van der Waals surface area contributed by atoms with E-state index in [4.69, 9.17) is 14.7 Å². The molecule has 1 amide bonds. The molecule has 6 nitrogen and oxygen atoms in total. The van der Waals surface area contributed by atoms with Crippen molar-refractivity contribution < 1.29 is 19.5 Å². The summed E-state index contributed by atoms with van der Waals surface area (Å²) in [6.07, 6.45) is 1.24. The number of rotatable bonds is 6. The fourth-order valence-corrected chi connectivity index (χ4v) is 1.86. The Kier molecular flexibility index (Phi) is 5.37. The van der Waals surface area contributed by atoms with E-state index in [1.807, 2.05) is 6.07 Å². The van der Waals surface area contributed by atoms with E-state index in [2.05, 4.69) is 10.5 Å². The lowest BCUT2D eigenvalue weighted by Crippen LogP contribution is -2.20. The van der Waals surface area contributed by atoms with Crippen molar-refractivity contribution in [1.82, 2.24) is 0 Å². The zero-order chi connectivity index (χ0) is 15.8. The first kappa shape index (κ1) is 15.4. The third kappa shape index (κ3) is 3.99. The van der Waals surface area contributed by atoms with E-state index < -0.39 is 0 Å². The molecular weight excluding hydrogens is 284 g/mol. The number of hydrogen-bond donors (Lipinski definition) is 2. The SMILES string of the molecule is COc1ccccc1NC(=O)COc1ccccc1/C=N/O. The summed E-state index contributed by atoms with van der Waals surface area (Å²) in [7, 11) is 1.53. The molecule has 0 aliphatic rings. The van der Waals surface area contributed by atoms with Crippen LogP contribution in [-0.2, 0) is 4.79 Å². The van der Waals surface area contributed by atoms with Crippen LogP contribution in [0.5, 0.6) is 11.5 Å². The molecule has 114 valence electrons. The van der Waals surface area contributed by atoms with Crippen molar-refractivity contribution in [2.45, 2.75) is 0 Å². The lowest BCUT2D eigenvalue weighted by Gasteiger charge is -2.11. The molecule has 0 heterocycles. The molecule has 0 bridgehead atoms. The molecule has 0 aliphatic carbocycles. The summed E-state index contributed by atoms with van der Waals surface area (Å²) in [6, 6.07) is 14.1. The maximum Gasteiger partial charge on any atom is 0.262 e. The number of carbonyl (C=O) groups excluding carboxylic acids is 1. The summed E-state index contributed by atoms with van der Waals surface area (Å²) in [5.74, 6) is 0.708. The zero-order valence-electron chi connectivity index (χ0n) is 12.0. The Bertz CT molecular complexity index is 671. The number of nitrogens with zero attached hydrogens (tertiary/aromatic N) is 1. The summed E-state index contributed by atoms with van der Waals surface area (Å²) >= 11 is 0. The van der Waals surface area contributed by atoms with Crippen LogP contribution in [0.2, 0.25) is 0 Å². The maximum absolute atomic E-state index is 11.9. The van der Waals surface area contributed by atoms with Crippen molar-refractivity contribution in [2.24, 2.45) is 5.16 Å². The van der Waals surface area contributed by atoms with Crippen molar-refractivity contribution in [3.05, 3.63) is 54.1 Å². The lowest BCUT2D eigenvalue weighted by atomic mass is 10.2. The standard InChI is InChI=1S/C16H16N2O4/c1-21-15-9-5-3-7-13(15)18-16(19)11-22-14-8-4-2-6-12(14)10-17-20/h2-10,20H,11H2,1H3,(H,18,19)/b17-10+. The van der Waals surface area contributed by atoms with Gasteiger partial charge in [0.2, 0.25) is 0 Å². The number of nitrogens with one attached hydrogen (secondary N) is 1. The first-order valence-corrected chi connectivity index (χ1v) is 6.56. The second-order valence-electron chi connectivity index (χ2n) is 4.32. The van der Waals surface area contributed by atoms with Crippen LogP contribution >= 0.6 is 0 Å². The number of oxime groups is 1. The monoisotopic (exact) mass is 300 g/mol. The molecule has 2 N–H and O–H groups in total. The predicted octanol–water partition coefficient (Wildman–Crippen LogP) is 2.52. The fraction of sp³-hybridized carbons (Fsp3) is 0.125. The average Bonchev–Trinajstić information content (AvgIpc) is 2.55. The minimum Gasteiger partial charge on any atom is -0.495 e. The summed E-state index contributed by atoms with van der Waals surface area (Å²) in [5.41, 5.74) is 1.15. The van der Waals surface area contributed by atoms with Gasteiger partial charge in [-0.05, 0) is 24.3 Å². The smallest absolute Gasteiger partial charge is 0.262 e. The van der Waals surface area contributed by atoms with E-state index in [9.17, 15) is 4.79 Å². The fourth-order valence-electron chi connectivity index (χ4n) is 1.86. The predicted molar refractivity (Wildman–Crippen MR) is 82.9 cm³/mol. The number of para-hydroxylation sites is 3. The molecule has 0 aliphatic heterocycles. The molecule has 0 atom stereocenters. The lowest BCUT2D eigenvalue weighted by molar-refractivity contribution is -0.118. The Hall–Kier alpha value is -3.02. The molecule has 2 aromatic carbocycles. The van der Waals surface area contributed by atoms with Crippen molar-refractivity contribution in [3.63, 3.8) is 0 Å². The number of amides is 1. The van der Waals surface area contributed by atoms with Crippen molar-refractivity contribution in [3.8, 4) is 11.5 Å². The number of methoxy groups -OCH3 is 1. The van der Waals surface area contributed by atoms with Gasteiger partial charge in [-0.15, -0.1) is 0 Å². The van der Waals surface area contributed by atoms with Crippen LogP contribution in [0.3, 0.4) is 0 Å². The number of anilines is 1. The van der Waals surface area contributed by atoms with Crippen LogP contribution < -0.4 is 14.8 Å². The number of ether oxygens (including phenoxy) is 2. The molecule has 6 heteroatoms. The minimum absolute atomic E-state index is 0.172. The summed E-state index contributed by atoms with van der Waals surface area (Å²) in [4.78, 5) is 11.9. The van der Waals surface area contributed by atoms with E-state index in [1.165, 1.54) is 13.3 Å². The van der Waals surface area contributed by atoms with Crippen LogP contribution in [0.25, 0.3) is 0 Å². The largest absolute Gasteiger partial charge is 0.495 e. The third-order valence-electron chi connectivity index (χ3n) is 2.86. The molecule has 0 saturated carbocycles.